The molecule has 2 atom stereocenters. The van der Waals surface area contributed by atoms with Crippen LogP contribution in [-0.4, -0.2) is 70.3 Å². The molecule has 48 heavy (non-hydrogen) atoms. The first-order valence-corrected chi connectivity index (χ1v) is 16.4. The second kappa shape index (κ2) is 16.0. The summed E-state index contributed by atoms with van der Waals surface area (Å²) in [5.41, 5.74) is 2.63. The third kappa shape index (κ3) is 9.29. The first kappa shape index (κ1) is 36.3. The molecule has 2 heterocycles. The van der Waals surface area contributed by atoms with Crippen molar-refractivity contribution < 1.29 is 33.6 Å². The summed E-state index contributed by atoms with van der Waals surface area (Å²) in [4.78, 5) is 63.4. The Balaban J connectivity index is 1.54. The van der Waals surface area contributed by atoms with Crippen molar-refractivity contribution in [2.75, 3.05) is 30.0 Å². The van der Waals surface area contributed by atoms with E-state index in [1.807, 2.05) is 76.2 Å². The van der Waals surface area contributed by atoms with E-state index in [1.165, 1.54) is 0 Å². The monoisotopic (exact) mass is 661 g/mol. The first-order valence-electron chi connectivity index (χ1n) is 16.4. The number of carbonyl (C=O) groups is 3. The van der Waals surface area contributed by atoms with Gasteiger partial charge in [-0.1, -0.05) is 36.4 Å². The quantitative estimate of drug-likeness (QED) is 0.125. The van der Waals surface area contributed by atoms with Gasteiger partial charge in [-0.2, -0.15) is 4.98 Å². The number of anilines is 2. The lowest BCUT2D eigenvalue weighted by molar-refractivity contribution is -0.297. The average Bonchev–Trinajstić information content (AvgIpc) is 3.10. The van der Waals surface area contributed by atoms with Gasteiger partial charge in [0.15, 0.2) is 0 Å². The Bertz CT molecular complexity index is 1570. The summed E-state index contributed by atoms with van der Waals surface area (Å²) in [5.74, 6) is -0.0365. The molecule has 0 radical (unpaired) electrons. The van der Waals surface area contributed by atoms with Crippen molar-refractivity contribution in [1.82, 2.24) is 14.9 Å². The number of nitrogens with one attached hydrogen (secondary N) is 1. The van der Waals surface area contributed by atoms with Crippen LogP contribution >= 0.6 is 0 Å². The summed E-state index contributed by atoms with van der Waals surface area (Å²) in [5, 5.41) is 2.55. The Morgan fingerprint density at radius 2 is 1.73 bits per heavy atom. The fourth-order valence-corrected chi connectivity index (χ4v) is 5.50. The van der Waals surface area contributed by atoms with E-state index in [1.54, 1.807) is 43.6 Å². The summed E-state index contributed by atoms with van der Waals surface area (Å²) >= 11 is 0. The maximum absolute atomic E-state index is 14.5. The third-order valence-corrected chi connectivity index (χ3v) is 7.46. The van der Waals surface area contributed by atoms with Crippen molar-refractivity contribution >= 4 is 29.5 Å². The molecular weight excluding hydrogens is 614 g/mol. The molecule has 12 heteroatoms. The highest BCUT2D eigenvalue weighted by Gasteiger charge is 2.43. The number of aromatic nitrogens is 2. The van der Waals surface area contributed by atoms with Gasteiger partial charge < -0.3 is 19.3 Å². The number of rotatable bonds is 13. The number of amides is 3. The number of hydrogen-bond donors (Lipinski definition) is 1. The summed E-state index contributed by atoms with van der Waals surface area (Å²) in [6, 6.07) is 15.2. The molecule has 1 aliphatic heterocycles. The van der Waals surface area contributed by atoms with Crippen LogP contribution in [-0.2, 0) is 25.7 Å². The topological polar surface area (TPSA) is 132 Å². The molecule has 258 valence electrons. The molecule has 1 aromatic heterocycles. The number of ether oxygens (including phenoxy) is 2. The zero-order chi connectivity index (χ0) is 35.0. The number of hydrogen-bond acceptors (Lipinski definition) is 9. The van der Waals surface area contributed by atoms with E-state index in [4.69, 9.17) is 19.2 Å². The second-order valence-electron chi connectivity index (χ2n) is 13.0. The zero-order valence-electron chi connectivity index (χ0n) is 29.1. The van der Waals surface area contributed by atoms with Crippen molar-refractivity contribution in [3.8, 4) is 5.88 Å². The smallest absolute Gasteiger partial charge is 0.414 e. The highest BCUT2D eigenvalue weighted by Crippen LogP contribution is 2.37. The van der Waals surface area contributed by atoms with Crippen LogP contribution in [0.25, 0.3) is 0 Å². The number of aryl methyl sites for hydroxylation is 2. The van der Waals surface area contributed by atoms with Crippen LogP contribution in [0.2, 0.25) is 0 Å². The van der Waals surface area contributed by atoms with E-state index in [2.05, 4.69) is 15.3 Å². The van der Waals surface area contributed by atoms with Crippen molar-refractivity contribution in [3.05, 3.63) is 77.0 Å². The Morgan fingerprint density at radius 1 is 1.00 bits per heavy atom. The lowest BCUT2D eigenvalue weighted by atomic mass is 10.0. The second-order valence-corrected chi connectivity index (χ2v) is 13.0. The highest BCUT2D eigenvalue weighted by atomic mass is 17.2. The molecule has 4 rings (SSSR count). The molecule has 0 fully saturated rings. The minimum Gasteiger partial charge on any atom is -0.478 e. The number of benzene rings is 2. The van der Waals surface area contributed by atoms with Crippen LogP contribution in [0.4, 0.5) is 16.4 Å². The normalized spacial score (nSPS) is 15.6. The molecule has 2 unspecified atom stereocenters. The summed E-state index contributed by atoms with van der Waals surface area (Å²) in [6.07, 6.45) is 0.570. The van der Waals surface area contributed by atoms with Crippen LogP contribution in [0.5, 0.6) is 5.88 Å². The number of nitrogens with zero attached hydrogens (tertiary/aromatic N) is 4. The van der Waals surface area contributed by atoms with Gasteiger partial charge in [-0.05, 0) is 91.5 Å². The Hall–Kier alpha value is -4.55. The van der Waals surface area contributed by atoms with E-state index in [9.17, 15) is 14.4 Å². The zero-order valence-corrected chi connectivity index (χ0v) is 29.1. The van der Waals surface area contributed by atoms with Crippen molar-refractivity contribution in [1.29, 1.82) is 0 Å². The molecule has 3 amide bonds. The van der Waals surface area contributed by atoms with Crippen LogP contribution in [0.1, 0.15) is 88.1 Å². The van der Waals surface area contributed by atoms with Gasteiger partial charge in [0.05, 0.1) is 30.5 Å². The van der Waals surface area contributed by atoms with Crippen LogP contribution in [0, 0.1) is 6.92 Å². The van der Waals surface area contributed by atoms with Crippen molar-refractivity contribution in [2.45, 2.75) is 92.0 Å². The number of carbonyl (C=O) groups excluding carboxylic acids is 3. The summed E-state index contributed by atoms with van der Waals surface area (Å²) in [6.45, 7) is 15.5. The van der Waals surface area contributed by atoms with Gasteiger partial charge in [0, 0.05) is 17.8 Å². The van der Waals surface area contributed by atoms with Crippen LogP contribution in [0.3, 0.4) is 0 Å². The average molecular weight is 662 g/mol. The maximum Gasteiger partial charge on any atom is 0.414 e. The lowest BCUT2D eigenvalue weighted by Crippen LogP contribution is -2.49. The van der Waals surface area contributed by atoms with Crippen LogP contribution < -0.4 is 15.0 Å². The van der Waals surface area contributed by atoms with Gasteiger partial charge in [-0.25, -0.2) is 19.6 Å². The Labute approximate surface area is 282 Å². The molecule has 3 aromatic rings. The Kier molecular flexibility index (Phi) is 12.1. The standard InChI is InChI=1S/C36H47N5O7/c1-9-46-47-22-25(5)41-31(27-15-11-10-12-16-27)33(43)40(23(2)3)29-18-17-26(21-28(29)32(41)42)14-13-19-45-30-20-24(4)37-34(38-30)39-35(44)48-36(6,7)8/h10-12,15-18,20-21,23,25,31H,9,13-14,19,22H2,1-8H3,(H,37,38,39,44). The predicted octanol–water partition coefficient (Wildman–Crippen LogP) is 6.44. The third-order valence-electron chi connectivity index (χ3n) is 7.46. The van der Waals surface area contributed by atoms with Gasteiger partial charge in [0.1, 0.15) is 18.2 Å². The number of fused-ring (bicyclic) bond motifs is 1. The van der Waals surface area contributed by atoms with Gasteiger partial charge >= 0.3 is 6.09 Å². The fourth-order valence-electron chi connectivity index (χ4n) is 5.50. The molecule has 2 aromatic carbocycles. The maximum atomic E-state index is 14.5. The van der Waals surface area contributed by atoms with E-state index in [0.29, 0.717) is 48.9 Å². The van der Waals surface area contributed by atoms with Gasteiger partial charge in [-0.15, -0.1) is 0 Å². The molecule has 12 nitrogen and oxygen atoms in total. The lowest BCUT2D eigenvalue weighted by Gasteiger charge is -2.36. The van der Waals surface area contributed by atoms with E-state index < -0.39 is 23.8 Å². The van der Waals surface area contributed by atoms with Crippen molar-refractivity contribution in [2.24, 2.45) is 0 Å². The SMILES string of the molecule is CCOOCC(C)N1C(=O)c2cc(CCCOc3cc(C)nc(NC(=O)OC(C)(C)C)n3)ccc2N(C(C)C)C(=O)C1c1ccccc1. The van der Waals surface area contributed by atoms with E-state index in [0.717, 1.165) is 11.1 Å². The molecule has 0 saturated heterocycles. The van der Waals surface area contributed by atoms with Crippen LogP contribution in [0.15, 0.2) is 54.6 Å². The largest absolute Gasteiger partial charge is 0.478 e. The predicted molar refractivity (Wildman–Crippen MR) is 182 cm³/mol. The minimum absolute atomic E-state index is 0.0898. The molecule has 0 saturated carbocycles. The molecule has 0 bridgehead atoms. The highest BCUT2D eigenvalue weighted by molar-refractivity contribution is 6.11. The molecule has 1 N–H and O–H groups in total. The molecule has 1 aliphatic rings. The first-order chi connectivity index (χ1) is 22.8. The molecule has 0 spiro atoms. The van der Waals surface area contributed by atoms with Gasteiger partial charge in [0.25, 0.3) is 11.8 Å². The minimum atomic E-state index is -0.850. The Morgan fingerprint density at radius 3 is 2.40 bits per heavy atom. The van der Waals surface area contributed by atoms with E-state index >= 15 is 0 Å². The van der Waals surface area contributed by atoms with Crippen molar-refractivity contribution in [3.63, 3.8) is 0 Å². The molecule has 0 aliphatic carbocycles. The van der Waals surface area contributed by atoms with Gasteiger partial charge in [0.2, 0.25) is 11.8 Å². The van der Waals surface area contributed by atoms with Gasteiger partial charge in [-0.3, -0.25) is 14.9 Å². The molecular formula is C36H47N5O7. The van der Waals surface area contributed by atoms with E-state index in [-0.39, 0.29) is 30.4 Å². The fraction of sp³-hybridized carbons (Fsp3) is 0.472. The summed E-state index contributed by atoms with van der Waals surface area (Å²) < 4.78 is 11.2. The summed E-state index contributed by atoms with van der Waals surface area (Å²) in [7, 11) is 0.